The fourth-order valence-electron chi connectivity index (χ4n) is 1.83. The maximum atomic E-state index is 12.3. The number of hydrogen-bond acceptors (Lipinski definition) is 3. The number of aryl methyl sites for hydroxylation is 1. The van der Waals surface area contributed by atoms with Crippen molar-refractivity contribution in [3.05, 3.63) is 45.8 Å². The summed E-state index contributed by atoms with van der Waals surface area (Å²) in [4.78, 5) is 0.155. The highest BCUT2D eigenvalue weighted by Gasteiger charge is 2.18. The van der Waals surface area contributed by atoms with Crippen LogP contribution in [0.3, 0.4) is 0 Å². The van der Waals surface area contributed by atoms with Crippen molar-refractivity contribution in [3.8, 4) is 0 Å². The summed E-state index contributed by atoms with van der Waals surface area (Å²) in [5, 5.41) is 9.21. The van der Waals surface area contributed by atoms with Gasteiger partial charge in [-0.15, -0.1) is 0 Å². The van der Waals surface area contributed by atoms with Crippen LogP contribution in [0.5, 0.6) is 0 Å². The number of aliphatic hydroxyl groups is 1. The molecule has 0 spiro atoms. The van der Waals surface area contributed by atoms with Gasteiger partial charge in [0.2, 0.25) is 0 Å². The van der Waals surface area contributed by atoms with Crippen molar-refractivity contribution in [1.82, 2.24) is 4.57 Å². The summed E-state index contributed by atoms with van der Waals surface area (Å²) in [5.41, 5.74) is 1.09. The number of nitrogens with one attached hydrogen (secondary N) is 1. The first kappa shape index (κ1) is 15.3. The molecule has 0 saturated carbocycles. The number of halogens is 1. The average Bonchev–Trinajstić information content (AvgIpc) is 2.85. The zero-order valence-corrected chi connectivity index (χ0v) is 13.8. The van der Waals surface area contributed by atoms with Gasteiger partial charge in [0, 0.05) is 27.7 Å². The van der Waals surface area contributed by atoms with Gasteiger partial charge in [0.25, 0.3) is 10.0 Å². The lowest BCUT2D eigenvalue weighted by molar-refractivity contribution is 0.271. The number of rotatable bonds is 5. The molecule has 1 heterocycles. The van der Waals surface area contributed by atoms with Gasteiger partial charge in [-0.05, 0) is 59.8 Å². The molecule has 0 aliphatic carbocycles. The van der Waals surface area contributed by atoms with Crippen LogP contribution in [0.15, 0.2) is 41.4 Å². The van der Waals surface area contributed by atoms with E-state index in [9.17, 15) is 13.5 Å². The standard InChI is InChI=1S/C13H15IN2O3S/c1-2-16-8-13(7-12(16)9-17)20(18,19)15-11-5-3-10(14)4-6-11/h3-8,15,17H,2,9H2,1H3. The molecule has 0 unspecified atom stereocenters. The first-order chi connectivity index (χ1) is 9.46. The van der Waals surface area contributed by atoms with Crippen LogP contribution in [0.2, 0.25) is 0 Å². The number of aliphatic hydroxyl groups excluding tert-OH is 1. The Balaban J connectivity index is 2.30. The van der Waals surface area contributed by atoms with E-state index in [0.29, 0.717) is 17.9 Å². The largest absolute Gasteiger partial charge is 0.390 e. The van der Waals surface area contributed by atoms with Gasteiger partial charge in [0.1, 0.15) is 4.90 Å². The van der Waals surface area contributed by atoms with Crippen molar-refractivity contribution in [2.45, 2.75) is 25.0 Å². The van der Waals surface area contributed by atoms with Gasteiger partial charge in [-0.25, -0.2) is 8.42 Å². The maximum absolute atomic E-state index is 12.3. The monoisotopic (exact) mass is 406 g/mol. The zero-order valence-electron chi connectivity index (χ0n) is 10.9. The lowest BCUT2D eigenvalue weighted by Crippen LogP contribution is -2.12. The predicted molar refractivity (Wildman–Crippen MR) is 86.0 cm³/mol. The minimum atomic E-state index is -3.63. The van der Waals surface area contributed by atoms with Crippen molar-refractivity contribution in [2.75, 3.05) is 4.72 Å². The maximum Gasteiger partial charge on any atom is 0.263 e. The molecule has 5 nitrogen and oxygen atoms in total. The minimum absolute atomic E-state index is 0.155. The molecule has 0 atom stereocenters. The van der Waals surface area contributed by atoms with E-state index in [4.69, 9.17) is 0 Å². The Bertz CT molecular complexity index is 671. The van der Waals surface area contributed by atoms with Crippen LogP contribution in [-0.2, 0) is 23.2 Å². The van der Waals surface area contributed by atoms with Crippen LogP contribution in [0.4, 0.5) is 5.69 Å². The second-order valence-electron chi connectivity index (χ2n) is 4.22. The van der Waals surface area contributed by atoms with Gasteiger partial charge in [-0.3, -0.25) is 4.72 Å². The summed E-state index contributed by atoms with van der Waals surface area (Å²) < 4.78 is 29.8. The van der Waals surface area contributed by atoms with Crippen molar-refractivity contribution in [3.63, 3.8) is 0 Å². The Hall–Kier alpha value is -1.06. The molecule has 7 heteroatoms. The third-order valence-electron chi connectivity index (χ3n) is 2.87. The third-order valence-corrected chi connectivity index (χ3v) is 4.94. The van der Waals surface area contributed by atoms with Crippen molar-refractivity contribution < 1.29 is 13.5 Å². The molecule has 0 bridgehead atoms. The Morgan fingerprint density at radius 3 is 2.45 bits per heavy atom. The van der Waals surface area contributed by atoms with Crippen LogP contribution in [-0.4, -0.2) is 18.1 Å². The van der Waals surface area contributed by atoms with E-state index >= 15 is 0 Å². The molecule has 0 radical (unpaired) electrons. The molecule has 2 rings (SSSR count). The Morgan fingerprint density at radius 1 is 1.30 bits per heavy atom. The number of nitrogens with zero attached hydrogens (tertiary/aromatic N) is 1. The van der Waals surface area contributed by atoms with Crippen LogP contribution >= 0.6 is 22.6 Å². The molecule has 20 heavy (non-hydrogen) atoms. The van der Waals surface area contributed by atoms with Crippen LogP contribution in [0.1, 0.15) is 12.6 Å². The molecule has 1 aromatic heterocycles. The minimum Gasteiger partial charge on any atom is -0.390 e. The van der Waals surface area contributed by atoms with Gasteiger partial charge in [-0.2, -0.15) is 0 Å². The molecule has 0 aliphatic heterocycles. The van der Waals surface area contributed by atoms with E-state index in [1.165, 1.54) is 12.3 Å². The molecule has 0 saturated heterocycles. The van der Waals surface area contributed by atoms with Gasteiger partial charge >= 0.3 is 0 Å². The molecule has 0 aliphatic rings. The van der Waals surface area contributed by atoms with Crippen LogP contribution in [0.25, 0.3) is 0 Å². The Morgan fingerprint density at radius 2 is 1.95 bits per heavy atom. The third kappa shape index (κ3) is 3.33. The SMILES string of the molecule is CCn1cc(S(=O)(=O)Nc2ccc(I)cc2)cc1CO. The highest BCUT2D eigenvalue weighted by atomic mass is 127. The molecule has 0 fully saturated rings. The second kappa shape index (κ2) is 6.15. The molecular weight excluding hydrogens is 391 g/mol. The van der Waals surface area contributed by atoms with Gasteiger partial charge < -0.3 is 9.67 Å². The van der Waals surface area contributed by atoms with E-state index in [2.05, 4.69) is 27.3 Å². The second-order valence-corrected chi connectivity index (χ2v) is 7.15. The first-order valence-corrected chi connectivity index (χ1v) is 8.60. The molecule has 1 aromatic carbocycles. The molecular formula is C13H15IN2O3S. The summed E-state index contributed by atoms with van der Waals surface area (Å²) in [5.74, 6) is 0. The fraction of sp³-hybridized carbons (Fsp3) is 0.231. The van der Waals surface area contributed by atoms with Crippen molar-refractivity contribution in [1.29, 1.82) is 0 Å². The van der Waals surface area contributed by atoms with Crippen molar-refractivity contribution >= 4 is 38.3 Å². The highest BCUT2D eigenvalue weighted by Crippen LogP contribution is 2.19. The number of sulfonamides is 1. The van der Waals surface area contributed by atoms with Gasteiger partial charge in [0.05, 0.1) is 6.61 Å². The zero-order chi connectivity index (χ0) is 14.8. The van der Waals surface area contributed by atoms with E-state index in [-0.39, 0.29) is 11.5 Å². The van der Waals surface area contributed by atoms with E-state index in [1.807, 2.05) is 19.1 Å². The fourth-order valence-corrected chi connectivity index (χ4v) is 3.31. The predicted octanol–water partition coefficient (Wildman–Crippen LogP) is 2.41. The number of hydrogen-bond donors (Lipinski definition) is 2. The number of benzene rings is 1. The molecule has 108 valence electrons. The topological polar surface area (TPSA) is 71.3 Å². The molecule has 2 N–H and O–H groups in total. The Labute approximate surface area is 131 Å². The summed E-state index contributed by atoms with van der Waals surface area (Å²) >= 11 is 2.15. The van der Waals surface area contributed by atoms with E-state index in [1.54, 1.807) is 16.7 Å². The van der Waals surface area contributed by atoms with Gasteiger partial charge in [-0.1, -0.05) is 0 Å². The Kier molecular flexibility index (Phi) is 4.71. The van der Waals surface area contributed by atoms with Crippen LogP contribution in [0, 0.1) is 3.57 Å². The lowest BCUT2D eigenvalue weighted by Gasteiger charge is -2.06. The smallest absolute Gasteiger partial charge is 0.263 e. The van der Waals surface area contributed by atoms with E-state index < -0.39 is 10.0 Å². The van der Waals surface area contributed by atoms with Crippen LogP contribution < -0.4 is 4.72 Å². The van der Waals surface area contributed by atoms with Gasteiger partial charge in [0.15, 0.2) is 0 Å². The highest BCUT2D eigenvalue weighted by molar-refractivity contribution is 14.1. The molecule has 0 amide bonds. The normalized spacial score (nSPS) is 11.6. The van der Waals surface area contributed by atoms with Crippen molar-refractivity contribution in [2.24, 2.45) is 0 Å². The summed E-state index contributed by atoms with van der Waals surface area (Å²) in [6, 6.07) is 8.56. The lowest BCUT2D eigenvalue weighted by atomic mass is 10.3. The average molecular weight is 406 g/mol. The summed E-state index contributed by atoms with van der Waals surface area (Å²) in [6.07, 6.45) is 1.53. The molecule has 2 aromatic rings. The quantitative estimate of drug-likeness (QED) is 0.750. The number of aromatic nitrogens is 1. The number of anilines is 1. The summed E-state index contributed by atoms with van der Waals surface area (Å²) in [7, 11) is -3.63. The summed E-state index contributed by atoms with van der Waals surface area (Å²) in [6.45, 7) is 2.31. The van der Waals surface area contributed by atoms with E-state index in [0.717, 1.165) is 3.57 Å². The first-order valence-electron chi connectivity index (χ1n) is 6.04.